The van der Waals surface area contributed by atoms with Gasteiger partial charge in [-0.1, -0.05) is 55.2 Å². The number of benzene rings is 2. The Bertz CT molecular complexity index is 593. The lowest BCUT2D eigenvalue weighted by Crippen LogP contribution is -2.06. The molecule has 3 heteroatoms. The number of nitrogens with one attached hydrogen (secondary N) is 1. The van der Waals surface area contributed by atoms with Crippen LogP contribution in [0.2, 0.25) is 10.0 Å². The van der Waals surface area contributed by atoms with E-state index in [4.69, 9.17) is 23.2 Å². The third-order valence-electron chi connectivity index (χ3n) is 3.92. The first kappa shape index (κ1) is 16.2. The minimum atomic E-state index is 0.175. The van der Waals surface area contributed by atoms with Crippen LogP contribution in [0.1, 0.15) is 50.3 Å². The van der Waals surface area contributed by atoms with E-state index in [9.17, 15) is 0 Å². The van der Waals surface area contributed by atoms with Crippen LogP contribution in [0.3, 0.4) is 0 Å². The van der Waals surface area contributed by atoms with Crippen molar-refractivity contribution in [1.29, 1.82) is 0 Å². The van der Waals surface area contributed by atoms with Gasteiger partial charge in [-0.15, -0.1) is 0 Å². The quantitative estimate of drug-likeness (QED) is 0.647. The molecule has 0 fully saturated rings. The standard InChI is InChI=1S/C18H21Cl2N/c1-4-12(2)14-5-8-16(9-6-14)21-13(3)15-7-10-17(19)18(20)11-15/h5-13,21H,4H2,1-3H3. The predicted octanol–water partition coefficient (Wildman–Crippen LogP) is 6.68. The molecule has 2 rings (SSSR count). The monoisotopic (exact) mass is 321 g/mol. The van der Waals surface area contributed by atoms with E-state index in [2.05, 4.69) is 50.4 Å². The summed E-state index contributed by atoms with van der Waals surface area (Å²) >= 11 is 12.0. The first-order chi connectivity index (χ1) is 10.0. The summed E-state index contributed by atoms with van der Waals surface area (Å²) in [4.78, 5) is 0. The zero-order chi connectivity index (χ0) is 15.4. The van der Waals surface area contributed by atoms with Crippen LogP contribution in [0.15, 0.2) is 42.5 Å². The molecule has 2 aromatic carbocycles. The maximum absolute atomic E-state index is 6.07. The van der Waals surface area contributed by atoms with Crippen molar-refractivity contribution >= 4 is 28.9 Å². The molecule has 0 amide bonds. The average molecular weight is 322 g/mol. The largest absolute Gasteiger partial charge is 0.379 e. The molecule has 0 aliphatic carbocycles. The summed E-state index contributed by atoms with van der Waals surface area (Å²) in [5.74, 6) is 0.603. The fraction of sp³-hybridized carbons (Fsp3) is 0.333. The Morgan fingerprint density at radius 2 is 1.52 bits per heavy atom. The highest BCUT2D eigenvalue weighted by molar-refractivity contribution is 6.42. The molecule has 0 saturated carbocycles. The van der Waals surface area contributed by atoms with Gasteiger partial charge in [-0.3, -0.25) is 0 Å². The van der Waals surface area contributed by atoms with Crippen LogP contribution in [-0.4, -0.2) is 0 Å². The van der Waals surface area contributed by atoms with Crippen LogP contribution in [-0.2, 0) is 0 Å². The fourth-order valence-electron chi connectivity index (χ4n) is 2.26. The molecule has 0 aliphatic rings. The van der Waals surface area contributed by atoms with Crippen LogP contribution >= 0.6 is 23.2 Å². The Morgan fingerprint density at radius 1 is 0.905 bits per heavy atom. The molecule has 0 aromatic heterocycles. The first-order valence-corrected chi connectivity index (χ1v) is 8.08. The van der Waals surface area contributed by atoms with Crippen molar-refractivity contribution in [2.75, 3.05) is 5.32 Å². The topological polar surface area (TPSA) is 12.0 Å². The molecule has 112 valence electrons. The molecule has 2 aromatic rings. The van der Waals surface area contributed by atoms with E-state index in [1.807, 2.05) is 18.2 Å². The molecule has 0 bridgehead atoms. The fourth-order valence-corrected chi connectivity index (χ4v) is 2.57. The summed E-state index contributed by atoms with van der Waals surface area (Å²) in [7, 11) is 0. The molecule has 2 atom stereocenters. The van der Waals surface area contributed by atoms with E-state index < -0.39 is 0 Å². The predicted molar refractivity (Wildman–Crippen MR) is 93.6 cm³/mol. The lowest BCUT2D eigenvalue weighted by Gasteiger charge is -2.17. The normalized spacial score (nSPS) is 13.8. The van der Waals surface area contributed by atoms with Crippen LogP contribution in [0, 0.1) is 0 Å². The van der Waals surface area contributed by atoms with Gasteiger partial charge in [0.25, 0.3) is 0 Å². The molecule has 21 heavy (non-hydrogen) atoms. The second-order valence-corrected chi connectivity index (χ2v) is 6.29. The smallest absolute Gasteiger partial charge is 0.0595 e. The number of hydrogen-bond acceptors (Lipinski definition) is 1. The van der Waals surface area contributed by atoms with Crippen molar-refractivity contribution in [2.45, 2.75) is 39.2 Å². The molecule has 0 spiro atoms. The van der Waals surface area contributed by atoms with Gasteiger partial charge in [-0.2, -0.15) is 0 Å². The van der Waals surface area contributed by atoms with Crippen LogP contribution < -0.4 is 5.32 Å². The SMILES string of the molecule is CCC(C)c1ccc(NC(C)c2ccc(Cl)c(Cl)c2)cc1. The molecule has 0 saturated heterocycles. The van der Waals surface area contributed by atoms with Gasteiger partial charge in [-0.05, 0) is 54.7 Å². The number of halogens is 2. The van der Waals surface area contributed by atoms with Crippen LogP contribution in [0.4, 0.5) is 5.69 Å². The van der Waals surface area contributed by atoms with E-state index in [1.54, 1.807) is 0 Å². The summed E-state index contributed by atoms with van der Waals surface area (Å²) in [5.41, 5.74) is 3.61. The summed E-state index contributed by atoms with van der Waals surface area (Å²) in [6.07, 6.45) is 1.16. The summed E-state index contributed by atoms with van der Waals surface area (Å²) in [5, 5.41) is 4.67. The van der Waals surface area contributed by atoms with Gasteiger partial charge in [0.05, 0.1) is 10.0 Å². The van der Waals surface area contributed by atoms with E-state index in [1.165, 1.54) is 5.56 Å². The zero-order valence-corrected chi connectivity index (χ0v) is 14.2. The van der Waals surface area contributed by atoms with Crippen molar-refractivity contribution in [1.82, 2.24) is 0 Å². The zero-order valence-electron chi connectivity index (χ0n) is 12.7. The Kier molecular flexibility index (Phi) is 5.55. The summed E-state index contributed by atoms with van der Waals surface area (Å²) in [6.45, 7) is 6.58. The highest BCUT2D eigenvalue weighted by atomic mass is 35.5. The Labute approximate surface area is 137 Å². The van der Waals surface area contributed by atoms with Crippen molar-refractivity contribution in [3.05, 3.63) is 63.6 Å². The molecule has 0 heterocycles. The third-order valence-corrected chi connectivity index (χ3v) is 4.66. The third kappa shape index (κ3) is 4.15. The second-order valence-electron chi connectivity index (χ2n) is 5.47. The number of rotatable bonds is 5. The molecule has 1 nitrogen and oxygen atoms in total. The first-order valence-electron chi connectivity index (χ1n) is 7.32. The van der Waals surface area contributed by atoms with Gasteiger partial charge in [0.15, 0.2) is 0 Å². The molecular weight excluding hydrogens is 301 g/mol. The van der Waals surface area contributed by atoms with Gasteiger partial charge in [0.1, 0.15) is 0 Å². The van der Waals surface area contributed by atoms with Gasteiger partial charge in [-0.25, -0.2) is 0 Å². The highest BCUT2D eigenvalue weighted by Gasteiger charge is 2.08. The molecule has 2 unspecified atom stereocenters. The van der Waals surface area contributed by atoms with E-state index in [0.717, 1.165) is 17.7 Å². The van der Waals surface area contributed by atoms with Gasteiger partial charge in [0, 0.05) is 11.7 Å². The minimum absolute atomic E-state index is 0.175. The maximum Gasteiger partial charge on any atom is 0.0595 e. The van der Waals surface area contributed by atoms with Crippen molar-refractivity contribution in [3.63, 3.8) is 0 Å². The van der Waals surface area contributed by atoms with Crippen molar-refractivity contribution < 1.29 is 0 Å². The summed E-state index contributed by atoms with van der Waals surface area (Å²) in [6, 6.07) is 14.6. The average Bonchev–Trinajstić information content (AvgIpc) is 2.50. The molecule has 1 N–H and O–H groups in total. The Hall–Kier alpha value is -1.18. The van der Waals surface area contributed by atoms with Crippen molar-refractivity contribution in [3.8, 4) is 0 Å². The lowest BCUT2D eigenvalue weighted by molar-refractivity contribution is 0.733. The van der Waals surface area contributed by atoms with Gasteiger partial charge >= 0.3 is 0 Å². The molecule has 0 aliphatic heterocycles. The highest BCUT2D eigenvalue weighted by Crippen LogP contribution is 2.28. The Morgan fingerprint density at radius 3 is 2.10 bits per heavy atom. The number of anilines is 1. The van der Waals surface area contributed by atoms with Crippen LogP contribution in [0.25, 0.3) is 0 Å². The summed E-state index contributed by atoms with van der Waals surface area (Å²) < 4.78 is 0. The second kappa shape index (κ2) is 7.20. The van der Waals surface area contributed by atoms with Crippen molar-refractivity contribution in [2.24, 2.45) is 0 Å². The van der Waals surface area contributed by atoms with E-state index >= 15 is 0 Å². The van der Waals surface area contributed by atoms with E-state index in [-0.39, 0.29) is 6.04 Å². The minimum Gasteiger partial charge on any atom is -0.379 e. The number of hydrogen-bond donors (Lipinski definition) is 1. The van der Waals surface area contributed by atoms with E-state index in [0.29, 0.717) is 16.0 Å². The molecular formula is C18H21Cl2N. The maximum atomic E-state index is 6.07. The van der Waals surface area contributed by atoms with Gasteiger partial charge < -0.3 is 5.32 Å². The van der Waals surface area contributed by atoms with Gasteiger partial charge in [0.2, 0.25) is 0 Å². The Balaban J connectivity index is 2.08. The lowest BCUT2D eigenvalue weighted by atomic mass is 9.98. The van der Waals surface area contributed by atoms with Crippen LogP contribution in [0.5, 0.6) is 0 Å². The molecule has 0 radical (unpaired) electrons.